The van der Waals surface area contributed by atoms with Crippen LogP contribution in [0.5, 0.6) is 11.6 Å². The minimum absolute atomic E-state index is 0.0103. The Balaban J connectivity index is 1.56. The number of carbonyl (C=O) groups excluding carboxylic acids is 1. The van der Waals surface area contributed by atoms with E-state index in [0.717, 1.165) is 32.1 Å². The highest BCUT2D eigenvalue weighted by atomic mass is 19.1. The van der Waals surface area contributed by atoms with Gasteiger partial charge >= 0.3 is 0 Å². The maximum atomic E-state index is 14.2. The molecule has 9 nitrogen and oxygen atoms in total. The molecule has 1 fully saturated rings. The number of anilines is 1. The molecule has 34 heavy (non-hydrogen) atoms. The number of aromatic nitrogens is 4. The first kappa shape index (κ1) is 22.4. The third-order valence-corrected chi connectivity index (χ3v) is 6.27. The third-order valence-electron chi connectivity index (χ3n) is 6.27. The number of amides is 1. The van der Waals surface area contributed by atoms with Gasteiger partial charge in [-0.2, -0.15) is 5.10 Å². The van der Waals surface area contributed by atoms with Crippen LogP contribution in [-0.4, -0.2) is 50.8 Å². The molecule has 0 spiro atoms. The van der Waals surface area contributed by atoms with E-state index in [4.69, 9.17) is 14.5 Å². The van der Waals surface area contributed by atoms with Crippen molar-refractivity contribution in [1.29, 1.82) is 0 Å². The van der Waals surface area contributed by atoms with Crippen molar-refractivity contribution in [2.45, 2.75) is 64.6 Å². The molecular formula is C24H29FN6O3. The number of carbonyl (C=O) groups is 1. The van der Waals surface area contributed by atoms with Crippen molar-refractivity contribution in [3.63, 3.8) is 0 Å². The van der Waals surface area contributed by atoms with Crippen molar-refractivity contribution >= 4 is 17.4 Å². The average Bonchev–Trinajstić information content (AvgIpc) is 3.47. The maximum Gasteiger partial charge on any atom is 0.256 e. The monoisotopic (exact) mass is 468 g/mol. The normalized spacial score (nSPS) is 19.0. The number of fused-ring (bicyclic) bond motifs is 3. The molecule has 0 saturated heterocycles. The highest BCUT2D eigenvalue weighted by Crippen LogP contribution is 2.42. The number of rotatable bonds is 8. The lowest BCUT2D eigenvalue weighted by atomic mass is 10.1. The predicted molar refractivity (Wildman–Crippen MR) is 124 cm³/mol. The van der Waals surface area contributed by atoms with Gasteiger partial charge in [-0.3, -0.25) is 4.79 Å². The van der Waals surface area contributed by atoms with E-state index >= 15 is 0 Å². The zero-order chi connectivity index (χ0) is 23.7. The van der Waals surface area contributed by atoms with E-state index in [1.54, 1.807) is 10.7 Å². The van der Waals surface area contributed by atoms with Gasteiger partial charge in [0.1, 0.15) is 17.5 Å². The Bertz CT molecular complexity index is 1200. The number of halogens is 1. The summed E-state index contributed by atoms with van der Waals surface area (Å²) in [6.07, 6.45) is 9.05. The van der Waals surface area contributed by atoms with Crippen LogP contribution in [0.15, 0.2) is 24.7 Å². The minimum Gasteiger partial charge on any atom is -0.483 e. The first-order valence-electron chi connectivity index (χ1n) is 12.0. The second-order valence-electron chi connectivity index (χ2n) is 8.76. The van der Waals surface area contributed by atoms with E-state index in [9.17, 15) is 9.18 Å². The van der Waals surface area contributed by atoms with Gasteiger partial charge in [0.2, 0.25) is 5.88 Å². The van der Waals surface area contributed by atoms with Crippen LogP contribution >= 0.6 is 0 Å². The quantitative estimate of drug-likeness (QED) is 0.541. The topological polar surface area (TPSA) is 93.9 Å². The number of hydrogen-bond acceptors (Lipinski definition) is 7. The maximum absolute atomic E-state index is 14.2. The van der Waals surface area contributed by atoms with E-state index in [0.29, 0.717) is 53.9 Å². The van der Waals surface area contributed by atoms with Crippen LogP contribution < -0.4 is 19.7 Å². The molecule has 0 aromatic carbocycles. The van der Waals surface area contributed by atoms with Crippen LogP contribution in [0.2, 0.25) is 0 Å². The molecule has 0 radical (unpaired) electrons. The molecule has 4 heterocycles. The fraction of sp³-hybridized carbons (Fsp3) is 0.500. The standard InChI is InChI=1S/C24H29FN6O3/c1-3-8-26-23(32)17-12-28-31-14-20-22(29-21(17)31)30(18-6-5-7-19(18)34-20)13-15-10-16(25)11-27-24(15)33-9-4-2/h10-12,14,18-19H,3-9,13H2,1-2H3,(H,26,32)/t18-,19+/m1/s1. The molecule has 2 aliphatic rings. The third kappa shape index (κ3) is 4.12. The average molecular weight is 469 g/mol. The lowest BCUT2D eigenvalue weighted by molar-refractivity contribution is 0.0955. The van der Waals surface area contributed by atoms with Crippen molar-refractivity contribution in [3.05, 3.63) is 41.6 Å². The fourth-order valence-electron chi connectivity index (χ4n) is 4.68. The molecule has 0 bridgehead atoms. The molecule has 3 aromatic rings. The molecule has 2 atom stereocenters. The highest BCUT2D eigenvalue weighted by molar-refractivity contribution is 5.99. The van der Waals surface area contributed by atoms with Crippen molar-refractivity contribution in [2.24, 2.45) is 0 Å². The second kappa shape index (κ2) is 9.44. The molecular weight excluding hydrogens is 439 g/mol. The summed E-state index contributed by atoms with van der Waals surface area (Å²) in [7, 11) is 0. The number of nitrogens with one attached hydrogen (secondary N) is 1. The summed E-state index contributed by atoms with van der Waals surface area (Å²) in [4.78, 5) is 23.8. The molecule has 5 rings (SSSR count). The lowest BCUT2D eigenvalue weighted by Crippen LogP contribution is -2.47. The van der Waals surface area contributed by atoms with Crippen molar-refractivity contribution in [1.82, 2.24) is 24.9 Å². The Labute approximate surface area is 197 Å². The van der Waals surface area contributed by atoms with Crippen LogP contribution in [0.25, 0.3) is 5.65 Å². The SMILES string of the molecule is CCCNC(=O)c1cnn2cc3c(nc12)N(Cc1cc(F)cnc1OCCC)[C@@H]1CCC[C@@H]1O3. The Kier molecular flexibility index (Phi) is 6.21. The first-order chi connectivity index (χ1) is 16.6. The summed E-state index contributed by atoms with van der Waals surface area (Å²) >= 11 is 0. The van der Waals surface area contributed by atoms with Gasteiger partial charge in [0.25, 0.3) is 5.91 Å². The van der Waals surface area contributed by atoms with Gasteiger partial charge in [-0.25, -0.2) is 18.9 Å². The van der Waals surface area contributed by atoms with E-state index in [1.807, 2.05) is 13.8 Å². The van der Waals surface area contributed by atoms with Gasteiger partial charge in [-0.1, -0.05) is 13.8 Å². The van der Waals surface area contributed by atoms with Gasteiger partial charge in [0, 0.05) is 12.1 Å². The molecule has 1 saturated carbocycles. The Morgan fingerprint density at radius 3 is 3.00 bits per heavy atom. The smallest absolute Gasteiger partial charge is 0.256 e. The van der Waals surface area contributed by atoms with E-state index in [-0.39, 0.29) is 18.1 Å². The fourth-order valence-corrected chi connectivity index (χ4v) is 4.68. The number of hydrogen-bond donors (Lipinski definition) is 1. The number of nitrogens with zero attached hydrogens (tertiary/aromatic N) is 5. The molecule has 3 aromatic heterocycles. The summed E-state index contributed by atoms with van der Waals surface area (Å²) < 4.78 is 27.8. The largest absolute Gasteiger partial charge is 0.483 e. The van der Waals surface area contributed by atoms with Crippen LogP contribution in [0, 0.1) is 5.82 Å². The van der Waals surface area contributed by atoms with Crippen LogP contribution in [0.3, 0.4) is 0 Å². The zero-order valence-corrected chi connectivity index (χ0v) is 19.5. The molecule has 180 valence electrons. The van der Waals surface area contributed by atoms with E-state index < -0.39 is 5.82 Å². The van der Waals surface area contributed by atoms with Gasteiger partial charge in [0.05, 0.1) is 37.8 Å². The van der Waals surface area contributed by atoms with Gasteiger partial charge in [-0.05, 0) is 38.2 Å². The molecule has 0 unspecified atom stereocenters. The highest BCUT2D eigenvalue weighted by Gasteiger charge is 2.41. The minimum atomic E-state index is -0.413. The number of ether oxygens (including phenoxy) is 2. The van der Waals surface area contributed by atoms with Gasteiger partial charge < -0.3 is 19.7 Å². The van der Waals surface area contributed by atoms with Gasteiger partial charge in [0.15, 0.2) is 17.2 Å². The Morgan fingerprint density at radius 2 is 2.18 bits per heavy atom. The van der Waals surface area contributed by atoms with Crippen LogP contribution in [0.1, 0.15) is 61.9 Å². The van der Waals surface area contributed by atoms with Crippen LogP contribution in [0.4, 0.5) is 10.2 Å². The first-order valence-corrected chi connectivity index (χ1v) is 12.0. The number of pyridine rings is 1. The second-order valence-corrected chi connectivity index (χ2v) is 8.76. The Hall–Kier alpha value is -3.43. The molecule has 1 amide bonds. The summed E-state index contributed by atoms with van der Waals surface area (Å²) in [5.74, 6) is 1.02. The molecule has 1 N–H and O–H groups in total. The summed E-state index contributed by atoms with van der Waals surface area (Å²) in [5.41, 5.74) is 1.52. The predicted octanol–water partition coefficient (Wildman–Crippen LogP) is 3.51. The molecule has 1 aliphatic heterocycles. The van der Waals surface area contributed by atoms with E-state index in [1.165, 1.54) is 18.5 Å². The molecule has 10 heteroatoms. The molecule has 1 aliphatic carbocycles. The van der Waals surface area contributed by atoms with Gasteiger partial charge in [-0.15, -0.1) is 0 Å². The summed E-state index contributed by atoms with van der Waals surface area (Å²) in [5, 5.41) is 7.21. The van der Waals surface area contributed by atoms with E-state index in [2.05, 4.69) is 20.3 Å². The lowest BCUT2D eigenvalue weighted by Gasteiger charge is -2.39. The Morgan fingerprint density at radius 1 is 1.29 bits per heavy atom. The van der Waals surface area contributed by atoms with Crippen molar-refractivity contribution < 1.29 is 18.7 Å². The summed E-state index contributed by atoms with van der Waals surface area (Å²) in [6.45, 7) is 5.46. The van der Waals surface area contributed by atoms with Crippen molar-refractivity contribution in [3.8, 4) is 11.6 Å². The summed E-state index contributed by atoms with van der Waals surface area (Å²) in [6, 6.07) is 1.56. The zero-order valence-electron chi connectivity index (χ0n) is 19.5. The van der Waals surface area contributed by atoms with Crippen LogP contribution in [-0.2, 0) is 6.54 Å². The van der Waals surface area contributed by atoms with Crippen molar-refractivity contribution in [2.75, 3.05) is 18.1 Å².